The Bertz CT molecular complexity index is 530. The maximum Gasteiger partial charge on any atom is 0.239 e. The minimum absolute atomic E-state index is 0.109. The number of benzene rings is 1. The van der Waals surface area contributed by atoms with Gasteiger partial charge < -0.3 is 5.32 Å². The van der Waals surface area contributed by atoms with Gasteiger partial charge in [0.15, 0.2) is 0 Å². The molecule has 0 bridgehead atoms. The van der Waals surface area contributed by atoms with E-state index in [4.69, 9.17) is 11.6 Å². The van der Waals surface area contributed by atoms with E-state index in [2.05, 4.69) is 41.9 Å². The van der Waals surface area contributed by atoms with Gasteiger partial charge in [0.2, 0.25) is 11.7 Å². The second-order valence-electron chi connectivity index (χ2n) is 3.11. The van der Waals surface area contributed by atoms with Crippen LogP contribution in [0.3, 0.4) is 0 Å². The van der Waals surface area contributed by atoms with Crippen LogP contribution in [0.4, 0.5) is 5.69 Å². The number of aromatic amines is 1. The van der Waals surface area contributed by atoms with Gasteiger partial charge in [0, 0.05) is 10.0 Å². The summed E-state index contributed by atoms with van der Waals surface area (Å²) in [4.78, 5) is 11.3. The van der Waals surface area contributed by atoms with Gasteiger partial charge in [0.1, 0.15) is 5.88 Å². The van der Waals surface area contributed by atoms with Crippen molar-refractivity contribution in [2.24, 2.45) is 0 Å². The summed E-state index contributed by atoms with van der Waals surface area (Å²) in [6.45, 7) is 0. The fourth-order valence-corrected chi connectivity index (χ4v) is 1.70. The molecule has 0 atom stereocenters. The number of tetrazole rings is 1. The van der Waals surface area contributed by atoms with Gasteiger partial charge in [-0.25, -0.2) is 0 Å². The van der Waals surface area contributed by atoms with Gasteiger partial charge in [0.25, 0.3) is 0 Å². The number of nitrogens with zero attached hydrogens (tertiary/aromatic N) is 3. The molecule has 0 aliphatic rings. The second-order valence-corrected chi connectivity index (χ2v) is 4.29. The van der Waals surface area contributed by atoms with Gasteiger partial charge in [0.05, 0.1) is 5.69 Å². The molecule has 88 valence electrons. The molecule has 1 amide bonds. The van der Waals surface area contributed by atoms with Gasteiger partial charge in [-0.05, 0) is 23.4 Å². The van der Waals surface area contributed by atoms with Crippen molar-refractivity contribution in [3.63, 3.8) is 0 Å². The lowest BCUT2D eigenvalue weighted by Gasteiger charge is -2.07. The van der Waals surface area contributed by atoms with Gasteiger partial charge in [-0.15, -0.1) is 21.8 Å². The summed E-state index contributed by atoms with van der Waals surface area (Å²) in [5.41, 5.74) is 1.24. The number of alkyl halides is 1. The van der Waals surface area contributed by atoms with E-state index in [1.54, 1.807) is 18.2 Å². The van der Waals surface area contributed by atoms with Crippen LogP contribution in [0.2, 0.25) is 0 Å². The summed E-state index contributed by atoms with van der Waals surface area (Å²) in [7, 11) is 0. The molecule has 0 aliphatic heterocycles. The van der Waals surface area contributed by atoms with Gasteiger partial charge in [-0.3, -0.25) is 4.79 Å². The Morgan fingerprint density at radius 1 is 1.53 bits per heavy atom. The lowest BCUT2D eigenvalue weighted by molar-refractivity contribution is -0.113. The topological polar surface area (TPSA) is 83.6 Å². The predicted octanol–water partition coefficient (Wildman–Crippen LogP) is 1.81. The first-order valence-corrected chi connectivity index (χ1v) is 5.92. The third kappa shape index (κ3) is 2.80. The summed E-state index contributed by atoms with van der Waals surface area (Å²) in [5.74, 6) is -0.00298. The highest BCUT2D eigenvalue weighted by atomic mass is 79.9. The standard InChI is InChI=1S/C9H7BrClN5O/c10-5-1-2-7(12-8(17)4-11)6(3-5)9-13-15-16-14-9/h1-3H,4H2,(H,12,17)(H,13,14,15,16). The largest absolute Gasteiger partial charge is 0.324 e. The highest BCUT2D eigenvalue weighted by Crippen LogP contribution is 2.28. The lowest BCUT2D eigenvalue weighted by atomic mass is 10.1. The molecular formula is C9H7BrClN5O. The Morgan fingerprint density at radius 2 is 2.35 bits per heavy atom. The molecule has 0 aliphatic carbocycles. The normalized spacial score (nSPS) is 10.2. The van der Waals surface area contributed by atoms with E-state index in [1.165, 1.54) is 0 Å². The van der Waals surface area contributed by atoms with Crippen molar-refractivity contribution in [2.75, 3.05) is 11.2 Å². The Hall–Kier alpha value is -1.47. The third-order valence-electron chi connectivity index (χ3n) is 1.96. The van der Waals surface area contributed by atoms with Crippen molar-refractivity contribution >= 4 is 39.1 Å². The molecule has 1 aromatic heterocycles. The summed E-state index contributed by atoms with van der Waals surface area (Å²) in [6, 6.07) is 5.32. The summed E-state index contributed by atoms with van der Waals surface area (Å²) >= 11 is 8.78. The maximum atomic E-state index is 11.3. The zero-order chi connectivity index (χ0) is 12.3. The zero-order valence-electron chi connectivity index (χ0n) is 8.44. The number of carbonyl (C=O) groups is 1. The quantitative estimate of drug-likeness (QED) is 0.846. The highest BCUT2D eigenvalue weighted by molar-refractivity contribution is 9.10. The molecule has 2 N–H and O–H groups in total. The molecule has 0 unspecified atom stereocenters. The van der Waals surface area contributed by atoms with Crippen molar-refractivity contribution < 1.29 is 4.79 Å². The van der Waals surface area contributed by atoms with Crippen molar-refractivity contribution in [3.8, 4) is 11.4 Å². The van der Waals surface area contributed by atoms with E-state index in [9.17, 15) is 4.79 Å². The Labute approximate surface area is 110 Å². The SMILES string of the molecule is O=C(CCl)Nc1ccc(Br)cc1-c1nn[nH]n1. The Morgan fingerprint density at radius 3 is 3.00 bits per heavy atom. The first-order chi connectivity index (χ1) is 8.20. The van der Waals surface area contributed by atoms with Crippen LogP contribution in [0.1, 0.15) is 0 Å². The van der Waals surface area contributed by atoms with Crippen LogP contribution in [0, 0.1) is 0 Å². The van der Waals surface area contributed by atoms with Crippen molar-refractivity contribution in [1.82, 2.24) is 20.6 Å². The molecule has 2 aromatic rings. The van der Waals surface area contributed by atoms with Crippen LogP contribution in [0.5, 0.6) is 0 Å². The number of carbonyl (C=O) groups excluding carboxylic acids is 1. The molecule has 0 spiro atoms. The Kier molecular flexibility index (Phi) is 3.70. The number of anilines is 1. The average Bonchev–Trinajstić information content (AvgIpc) is 2.84. The van der Waals surface area contributed by atoms with Crippen molar-refractivity contribution in [3.05, 3.63) is 22.7 Å². The number of halogens is 2. The number of amides is 1. The molecule has 8 heteroatoms. The summed E-state index contributed by atoms with van der Waals surface area (Å²) < 4.78 is 0.848. The van der Waals surface area contributed by atoms with Crippen LogP contribution in [0.25, 0.3) is 11.4 Å². The van der Waals surface area contributed by atoms with Crippen LogP contribution >= 0.6 is 27.5 Å². The number of H-pyrrole nitrogens is 1. The number of aromatic nitrogens is 4. The van der Waals surface area contributed by atoms with E-state index in [-0.39, 0.29) is 11.8 Å². The first-order valence-electron chi connectivity index (χ1n) is 4.60. The highest BCUT2D eigenvalue weighted by Gasteiger charge is 2.11. The van der Waals surface area contributed by atoms with Crippen LogP contribution in [-0.4, -0.2) is 32.4 Å². The van der Waals surface area contributed by atoms with Gasteiger partial charge >= 0.3 is 0 Å². The smallest absolute Gasteiger partial charge is 0.239 e. The molecule has 1 aromatic carbocycles. The van der Waals surface area contributed by atoms with E-state index in [0.29, 0.717) is 17.1 Å². The van der Waals surface area contributed by atoms with Crippen LogP contribution in [0.15, 0.2) is 22.7 Å². The van der Waals surface area contributed by atoms with E-state index in [1.807, 2.05) is 0 Å². The van der Waals surface area contributed by atoms with E-state index in [0.717, 1.165) is 4.47 Å². The van der Waals surface area contributed by atoms with Crippen LogP contribution < -0.4 is 5.32 Å². The number of hydrogen-bond donors (Lipinski definition) is 2. The monoisotopic (exact) mass is 315 g/mol. The maximum absolute atomic E-state index is 11.3. The molecule has 0 saturated heterocycles. The first kappa shape index (κ1) is 12.0. The summed E-state index contributed by atoms with van der Waals surface area (Å²) in [5, 5.41) is 16.2. The molecular weight excluding hydrogens is 309 g/mol. The second kappa shape index (κ2) is 5.24. The molecule has 17 heavy (non-hydrogen) atoms. The van der Waals surface area contributed by atoms with Gasteiger partial charge in [-0.2, -0.15) is 5.21 Å². The van der Waals surface area contributed by atoms with Crippen molar-refractivity contribution in [2.45, 2.75) is 0 Å². The number of nitrogens with one attached hydrogen (secondary N) is 2. The molecule has 0 saturated carbocycles. The van der Waals surface area contributed by atoms with E-state index >= 15 is 0 Å². The molecule has 2 rings (SSSR count). The zero-order valence-corrected chi connectivity index (χ0v) is 10.8. The molecule has 0 fully saturated rings. The fraction of sp³-hybridized carbons (Fsp3) is 0.111. The fourth-order valence-electron chi connectivity index (χ4n) is 1.27. The number of rotatable bonds is 3. The molecule has 1 heterocycles. The van der Waals surface area contributed by atoms with E-state index < -0.39 is 0 Å². The minimum atomic E-state index is -0.293. The molecule has 6 nitrogen and oxygen atoms in total. The average molecular weight is 317 g/mol. The van der Waals surface area contributed by atoms with Gasteiger partial charge in [-0.1, -0.05) is 15.9 Å². The van der Waals surface area contributed by atoms with Crippen molar-refractivity contribution in [1.29, 1.82) is 0 Å². The van der Waals surface area contributed by atoms with Crippen LogP contribution in [-0.2, 0) is 4.79 Å². The summed E-state index contributed by atoms with van der Waals surface area (Å²) in [6.07, 6.45) is 0. The predicted molar refractivity (Wildman–Crippen MR) is 66.7 cm³/mol. The lowest BCUT2D eigenvalue weighted by Crippen LogP contribution is -2.13. The number of hydrogen-bond acceptors (Lipinski definition) is 4. The third-order valence-corrected chi connectivity index (χ3v) is 2.70. The molecule has 0 radical (unpaired) electrons. The minimum Gasteiger partial charge on any atom is -0.324 e. The Balaban J connectivity index is 2.41.